The molecule has 0 radical (unpaired) electrons. The Morgan fingerprint density at radius 3 is 2.36 bits per heavy atom. The van der Waals surface area contributed by atoms with Gasteiger partial charge in [0.1, 0.15) is 0 Å². The van der Waals surface area contributed by atoms with Crippen molar-refractivity contribution < 1.29 is 0 Å². The van der Waals surface area contributed by atoms with E-state index in [4.69, 9.17) is 0 Å². The van der Waals surface area contributed by atoms with Crippen LogP contribution >= 0.6 is 24.0 Å². The highest BCUT2D eigenvalue weighted by Crippen LogP contribution is 2.10. The highest BCUT2D eigenvalue weighted by Gasteiger charge is 2.20. The summed E-state index contributed by atoms with van der Waals surface area (Å²) in [6.07, 6.45) is 8.40. The van der Waals surface area contributed by atoms with E-state index in [1.54, 1.807) is 12.4 Å². The molecule has 0 atom stereocenters. The Balaban J connectivity index is 0.00000280. The first-order valence-electron chi connectivity index (χ1n) is 9.88. The lowest BCUT2D eigenvalue weighted by Crippen LogP contribution is -2.53. The minimum Gasteiger partial charge on any atom is -0.356 e. The monoisotopic (exact) mass is 494 g/mol. The van der Waals surface area contributed by atoms with E-state index in [0.29, 0.717) is 0 Å². The van der Waals surface area contributed by atoms with Gasteiger partial charge in [0, 0.05) is 52.2 Å². The predicted octanol–water partition coefficient (Wildman–Crippen LogP) is 3.21. The van der Waals surface area contributed by atoms with Crippen molar-refractivity contribution in [1.29, 1.82) is 0 Å². The molecule has 0 amide bonds. The maximum atomic E-state index is 4.46. The van der Waals surface area contributed by atoms with Gasteiger partial charge in [-0.1, -0.05) is 36.8 Å². The summed E-state index contributed by atoms with van der Waals surface area (Å²) >= 11 is 0. The highest BCUT2D eigenvalue weighted by atomic mass is 127. The fourth-order valence-electron chi connectivity index (χ4n) is 3.38. The van der Waals surface area contributed by atoms with Crippen LogP contribution in [0.1, 0.15) is 24.8 Å². The molecule has 28 heavy (non-hydrogen) atoms. The SMILES string of the molecule is CN=C(NCCCCCc1ccccc1)N1CCN(c2ncccn2)CC1.I. The second-order valence-electron chi connectivity index (χ2n) is 6.79. The standard InChI is InChI=1S/C21H30N6.HI/c1-22-20(23-12-7-3-6-11-19-9-4-2-5-10-19)26-15-17-27(18-16-26)21-24-13-8-14-25-21;/h2,4-5,8-10,13-14H,3,6-7,11-12,15-18H2,1H3,(H,22,23);1H. The summed E-state index contributed by atoms with van der Waals surface area (Å²) in [5.41, 5.74) is 1.43. The lowest BCUT2D eigenvalue weighted by atomic mass is 10.1. The minimum absolute atomic E-state index is 0. The van der Waals surface area contributed by atoms with Gasteiger partial charge in [0.25, 0.3) is 0 Å². The average Bonchev–Trinajstić information content (AvgIpc) is 2.75. The first-order chi connectivity index (χ1) is 13.4. The van der Waals surface area contributed by atoms with E-state index in [1.807, 2.05) is 13.1 Å². The number of unbranched alkanes of at least 4 members (excludes halogenated alkanes) is 2. The number of benzene rings is 1. The zero-order valence-corrected chi connectivity index (χ0v) is 19.0. The largest absolute Gasteiger partial charge is 0.356 e. The highest BCUT2D eigenvalue weighted by molar-refractivity contribution is 14.0. The van der Waals surface area contributed by atoms with Gasteiger partial charge in [-0.15, -0.1) is 24.0 Å². The second kappa shape index (κ2) is 12.5. The number of rotatable bonds is 7. The summed E-state index contributed by atoms with van der Waals surface area (Å²) in [5, 5.41) is 3.52. The third-order valence-electron chi connectivity index (χ3n) is 4.89. The number of hydrogen-bond acceptors (Lipinski definition) is 4. The van der Waals surface area contributed by atoms with Crippen molar-refractivity contribution in [3.8, 4) is 0 Å². The van der Waals surface area contributed by atoms with Crippen LogP contribution in [0.2, 0.25) is 0 Å². The third-order valence-corrected chi connectivity index (χ3v) is 4.89. The molecule has 152 valence electrons. The number of guanidine groups is 1. The molecule has 3 rings (SSSR count). The Hall–Kier alpha value is -1.90. The predicted molar refractivity (Wildman–Crippen MR) is 127 cm³/mol. The van der Waals surface area contributed by atoms with Gasteiger partial charge in [-0.05, 0) is 30.9 Å². The number of piperazine rings is 1. The number of aryl methyl sites for hydroxylation is 1. The Kier molecular flexibility index (Phi) is 10.0. The Morgan fingerprint density at radius 1 is 0.964 bits per heavy atom. The van der Waals surface area contributed by atoms with E-state index in [1.165, 1.54) is 31.2 Å². The number of aliphatic imine (C=N–C) groups is 1. The lowest BCUT2D eigenvalue weighted by Gasteiger charge is -2.36. The molecule has 1 saturated heterocycles. The molecule has 0 unspecified atom stereocenters. The van der Waals surface area contributed by atoms with Crippen LogP contribution in [-0.4, -0.2) is 60.6 Å². The Bertz CT molecular complexity index is 687. The number of hydrogen-bond donors (Lipinski definition) is 1. The number of nitrogens with zero attached hydrogens (tertiary/aromatic N) is 5. The minimum atomic E-state index is 0. The van der Waals surface area contributed by atoms with Crippen molar-refractivity contribution in [3.05, 3.63) is 54.4 Å². The van der Waals surface area contributed by atoms with E-state index in [2.05, 4.69) is 60.4 Å². The molecule has 6 nitrogen and oxygen atoms in total. The third kappa shape index (κ3) is 6.92. The molecular weight excluding hydrogens is 463 g/mol. The number of aromatic nitrogens is 2. The number of nitrogens with one attached hydrogen (secondary N) is 1. The average molecular weight is 494 g/mol. The normalized spacial score (nSPS) is 14.5. The zero-order valence-electron chi connectivity index (χ0n) is 16.6. The molecule has 2 heterocycles. The number of anilines is 1. The summed E-state index contributed by atoms with van der Waals surface area (Å²) in [7, 11) is 1.87. The van der Waals surface area contributed by atoms with Gasteiger partial charge in [0.05, 0.1) is 0 Å². The van der Waals surface area contributed by atoms with Crippen LogP contribution in [0.3, 0.4) is 0 Å². The molecule has 0 saturated carbocycles. The van der Waals surface area contributed by atoms with Crippen LogP contribution in [0.4, 0.5) is 5.95 Å². The van der Waals surface area contributed by atoms with Crippen molar-refractivity contribution in [1.82, 2.24) is 20.2 Å². The van der Waals surface area contributed by atoms with Gasteiger partial charge in [-0.25, -0.2) is 9.97 Å². The van der Waals surface area contributed by atoms with Gasteiger partial charge in [0.15, 0.2) is 5.96 Å². The maximum absolute atomic E-state index is 4.46. The summed E-state index contributed by atoms with van der Waals surface area (Å²) in [4.78, 5) is 17.7. The van der Waals surface area contributed by atoms with Crippen LogP contribution in [0, 0.1) is 0 Å². The van der Waals surface area contributed by atoms with Gasteiger partial charge in [0.2, 0.25) is 5.95 Å². The molecule has 1 aliphatic heterocycles. The summed E-state index contributed by atoms with van der Waals surface area (Å²) < 4.78 is 0. The summed E-state index contributed by atoms with van der Waals surface area (Å²) in [6, 6.07) is 12.6. The molecule has 7 heteroatoms. The van der Waals surface area contributed by atoms with Crippen molar-refractivity contribution in [2.75, 3.05) is 44.7 Å². The summed E-state index contributed by atoms with van der Waals surface area (Å²) in [5.74, 6) is 1.82. The number of halogens is 1. The van der Waals surface area contributed by atoms with E-state index in [9.17, 15) is 0 Å². The van der Waals surface area contributed by atoms with Gasteiger partial charge in [-0.3, -0.25) is 4.99 Å². The van der Waals surface area contributed by atoms with Crippen LogP contribution in [0.5, 0.6) is 0 Å². The zero-order chi connectivity index (χ0) is 18.7. The van der Waals surface area contributed by atoms with Crippen LogP contribution < -0.4 is 10.2 Å². The van der Waals surface area contributed by atoms with E-state index < -0.39 is 0 Å². The van der Waals surface area contributed by atoms with Crippen LogP contribution in [0.25, 0.3) is 0 Å². The summed E-state index contributed by atoms with van der Waals surface area (Å²) in [6.45, 7) is 4.69. The van der Waals surface area contributed by atoms with Crippen LogP contribution in [-0.2, 0) is 6.42 Å². The molecule has 1 aromatic carbocycles. The molecular formula is C21H31IN6. The lowest BCUT2D eigenvalue weighted by molar-refractivity contribution is 0.369. The fraction of sp³-hybridized carbons (Fsp3) is 0.476. The first-order valence-corrected chi connectivity index (χ1v) is 9.88. The molecule has 1 aliphatic rings. The van der Waals surface area contributed by atoms with Crippen molar-refractivity contribution >= 4 is 35.9 Å². The fourth-order valence-corrected chi connectivity index (χ4v) is 3.38. The van der Waals surface area contributed by atoms with E-state index in [0.717, 1.165) is 44.6 Å². The van der Waals surface area contributed by atoms with Crippen LogP contribution in [0.15, 0.2) is 53.8 Å². The van der Waals surface area contributed by atoms with Crippen molar-refractivity contribution in [2.24, 2.45) is 4.99 Å². The first kappa shape index (κ1) is 22.4. The van der Waals surface area contributed by atoms with Gasteiger partial charge >= 0.3 is 0 Å². The molecule has 0 bridgehead atoms. The molecule has 0 aliphatic carbocycles. The second-order valence-corrected chi connectivity index (χ2v) is 6.79. The topological polar surface area (TPSA) is 56.7 Å². The molecule has 1 aromatic heterocycles. The molecule has 0 spiro atoms. The van der Waals surface area contributed by atoms with Gasteiger partial charge < -0.3 is 15.1 Å². The quantitative estimate of drug-likeness (QED) is 0.277. The van der Waals surface area contributed by atoms with Crippen molar-refractivity contribution in [2.45, 2.75) is 25.7 Å². The smallest absolute Gasteiger partial charge is 0.225 e. The molecule has 1 fully saturated rings. The molecule has 2 aromatic rings. The van der Waals surface area contributed by atoms with Crippen molar-refractivity contribution in [3.63, 3.8) is 0 Å². The van der Waals surface area contributed by atoms with E-state index >= 15 is 0 Å². The Morgan fingerprint density at radius 2 is 1.68 bits per heavy atom. The van der Waals surface area contributed by atoms with E-state index in [-0.39, 0.29) is 24.0 Å². The maximum Gasteiger partial charge on any atom is 0.225 e. The Labute approximate surface area is 185 Å². The van der Waals surface area contributed by atoms with Gasteiger partial charge in [-0.2, -0.15) is 0 Å². The molecule has 1 N–H and O–H groups in total.